The minimum Gasteiger partial charge on any atom is -0.369 e. The van der Waals surface area contributed by atoms with E-state index in [1.54, 1.807) is 6.92 Å². The summed E-state index contributed by atoms with van der Waals surface area (Å²) in [6, 6.07) is 0. The second-order valence-corrected chi connectivity index (χ2v) is 4.16. The highest BCUT2D eigenvalue weighted by Gasteiger charge is 2.33. The topological polar surface area (TPSA) is 58.1 Å². The SMILES string of the molecule is CCCN(CC(F)(F)F)C(=O)c1cnc(NCC)cn1. The zero-order chi connectivity index (χ0) is 15.2. The van der Waals surface area contributed by atoms with Crippen molar-refractivity contribution in [3.05, 3.63) is 18.1 Å². The Bertz CT molecular complexity index is 433. The van der Waals surface area contributed by atoms with E-state index < -0.39 is 18.6 Å². The zero-order valence-corrected chi connectivity index (χ0v) is 11.4. The van der Waals surface area contributed by atoms with Gasteiger partial charge in [0, 0.05) is 13.1 Å². The van der Waals surface area contributed by atoms with E-state index in [0.29, 0.717) is 18.8 Å². The molecule has 1 amide bonds. The standard InChI is InChI=1S/C12H17F3N4O/c1-3-5-19(8-12(13,14)15)11(20)9-6-18-10(7-17-9)16-4-2/h6-7H,3-5,8H2,1-2H3,(H,16,18). The van der Waals surface area contributed by atoms with Gasteiger partial charge in [-0.05, 0) is 13.3 Å². The lowest BCUT2D eigenvalue weighted by Crippen LogP contribution is -2.39. The highest BCUT2D eigenvalue weighted by atomic mass is 19.4. The highest BCUT2D eigenvalue weighted by Crippen LogP contribution is 2.18. The molecule has 1 rings (SSSR count). The van der Waals surface area contributed by atoms with Crippen LogP contribution in [0, 0.1) is 0 Å². The first-order valence-electron chi connectivity index (χ1n) is 6.29. The van der Waals surface area contributed by atoms with E-state index in [2.05, 4.69) is 15.3 Å². The van der Waals surface area contributed by atoms with Crippen LogP contribution in [-0.2, 0) is 0 Å². The van der Waals surface area contributed by atoms with Gasteiger partial charge in [-0.15, -0.1) is 0 Å². The lowest BCUT2D eigenvalue weighted by atomic mass is 10.3. The molecule has 0 aliphatic rings. The van der Waals surface area contributed by atoms with Crippen molar-refractivity contribution < 1.29 is 18.0 Å². The second kappa shape index (κ2) is 7.06. The molecule has 1 N–H and O–H groups in total. The smallest absolute Gasteiger partial charge is 0.369 e. The van der Waals surface area contributed by atoms with Crippen LogP contribution in [0.15, 0.2) is 12.4 Å². The molecular formula is C12H17F3N4O. The lowest BCUT2D eigenvalue weighted by molar-refractivity contribution is -0.140. The summed E-state index contributed by atoms with van der Waals surface area (Å²) >= 11 is 0. The third-order valence-electron chi connectivity index (χ3n) is 2.38. The molecule has 1 heterocycles. The summed E-state index contributed by atoms with van der Waals surface area (Å²) < 4.78 is 37.3. The van der Waals surface area contributed by atoms with Gasteiger partial charge in [0.25, 0.3) is 5.91 Å². The molecular weight excluding hydrogens is 273 g/mol. The van der Waals surface area contributed by atoms with Gasteiger partial charge in [-0.3, -0.25) is 4.79 Å². The summed E-state index contributed by atoms with van der Waals surface area (Å²) in [4.78, 5) is 20.5. The van der Waals surface area contributed by atoms with Gasteiger partial charge in [0.2, 0.25) is 0 Å². The number of anilines is 1. The fourth-order valence-corrected chi connectivity index (χ4v) is 1.61. The lowest BCUT2D eigenvalue weighted by Gasteiger charge is -2.22. The van der Waals surface area contributed by atoms with Crippen LogP contribution in [0.3, 0.4) is 0 Å². The molecule has 0 atom stereocenters. The van der Waals surface area contributed by atoms with Crippen molar-refractivity contribution in [1.82, 2.24) is 14.9 Å². The van der Waals surface area contributed by atoms with Crippen molar-refractivity contribution in [3.63, 3.8) is 0 Å². The summed E-state index contributed by atoms with van der Waals surface area (Å²) in [6.45, 7) is 2.95. The summed E-state index contributed by atoms with van der Waals surface area (Å²) in [7, 11) is 0. The van der Waals surface area contributed by atoms with Gasteiger partial charge in [-0.2, -0.15) is 13.2 Å². The number of rotatable bonds is 6. The molecule has 0 radical (unpaired) electrons. The van der Waals surface area contributed by atoms with E-state index in [4.69, 9.17) is 0 Å². The number of hydrogen-bond donors (Lipinski definition) is 1. The Labute approximate surface area is 115 Å². The summed E-state index contributed by atoms with van der Waals surface area (Å²) in [5.74, 6) is -0.290. The Morgan fingerprint density at radius 1 is 1.30 bits per heavy atom. The fourth-order valence-electron chi connectivity index (χ4n) is 1.61. The first-order valence-corrected chi connectivity index (χ1v) is 6.29. The molecule has 0 spiro atoms. The molecule has 0 aliphatic carbocycles. The number of amides is 1. The van der Waals surface area contributed by atoms with Gasteiger partial charge in [-0.1, -0.05) is 6.92 Å². The molecule has 20 heavy (non-hydrogen) atoms. The number of halogens is 3. The molecule has 8 heteroatoms. The number of carbonyl (C=O) groups excluding carboxylic acids is 1. The monoisotopic (exact) mass is 290 g/mol. The largest absolute Gasteiger partial charge is 0.406 e. The van der Waals surface area contributed by atoms with Crippen LogP contribution in [0.1, 0.15) is 30.8 Å². The number of aromatic nitrogens is 2. The van der Waals surface area contributed by atoms with Crippen molar-refractivity contribution in [2.75, 3.05) is 25.0 Å². The minimum absolute atomic E-state index is 0.0228. The first-order chi connectivity index (χ1) is 9.37. The first kappa shape index (κ1) is 16.2. The predicted octanol–water partition coefficient (Wildman–Crippen LogP) is 2.32. The summed E-state index contributed by atoms with van der Waals surface area (Å²) in [5, 5.41) is 2.89. The van der Waals surface area contributed by atoms with Gasteiger partial charge < -0.3 is 10.2 Å². The zero-order valence-electron chi connectivity index (χ0n) is 11.4. The maximum absolute atomic E-state index is 12.4. The normalized spacial score (nSPS) is 11.2. The average Bonchev–Trinajstić information content (AvgIpc) is 2.37. The van der Waals surface area contributed by atoms with Crippen LogP contribution in [0.25, 0.3) is 0 Å². The number of nitrogens with one attached hydrogen (secondary N) is 1. The van der Waals surface area contributed by atoms with Crippen LogP contribution in [0.4, 0.5) is 19.0 Å². The third kappa shape index (κ3) is 5.02. The fraction of sp³-hybridized carbons (Fsp3) is 0.583. The molecule has 1 aromatic heterocycles. The van der Waals surface area contributed by atoms with Gasteiger partial charge in [0.15, 0.2) is 0 Å². The molecule has 1 aromatic rings. The Hall–Kier alpha value is -1.86. The van der Waals surface area contributed by atoms with E-state index >= 15 is 0 Å². The Balaban J connectivity index is 2.83. The average molecular weight is 290 g/mol. The van der Waals surface area contributed by atoms with E-state index in [0.717, 1.165) is 4.90 Å². The van der Waals surface area contributed by atoms with E-state index in [9.17, 15) is 18.0 Å². The second-order valence-electron chi connectivity index (χ2n) is 4.16. The van der Waals surface area contributed by atoms with Crippen LogP contribution in [-0.4, -0.2) is 46.6 Å². The van der Waals surface area contributed by atoms with Crippen molar-refractivity contribution in [1.29, 1.82) is 0 Å². The Morgan fingerprint density at radius 2 is 2.00 bits per heavy atom. The van der Waals surface area contributed by atoms with Gasteiger partial charge in [0.05, 0.1) is 12.4 Å². The van der Waals surface area contributed by atoms with Crippen molar-refractivity contribution in [2.45, 2.75) is 26.4 Å². The highest BCUT2D eigenvalue weighted by molar-refractivity contribution is 5.92. The minimum atomic E-state index is -4.43. The molecule has 0 bridgehead atoms. The maximum atomic E-state index is 12.4. The van der Waals surface area contributed by atoms with Gasteiger partial charge in [-0.25, -0.2) is 9.97 Å². The van der Waals surface area contributed by atoms with Gasteiger partial charge >= 0.3 is 6.18 Å². The predicted molar refractivity (Wildman–Crippen MR) is 68.4 cm³/mol. The number of carbonyl (C=O) groups is 1. The quantitative estimate of drug-likeness (QED) is 0.873. The van der Waals surface area contributed by atoms with Gasteiger partial charge in [0.1, 0.15) is 18.1 Å². The molecule has 112 valence electrons. The van der Waals surface area contributed by atoms with Crippen LogP contribution >= 0.6 is 0 Å². The van der Waals surface area contributed by atoms with E-state index in [1.807, 2.05) is 6.92 Å². The van der Waals surface area contributed by atoms with Crippen molar-refractivity contribution >= 4 is 11.7 Å². The van der Waals surface area contributed by atoms with Crippen LogP contribution in [0.2, 0.25) is 0 Å². The van der Waals surface area contributed by atoms with E-state index in [-0.39, 0.29) is 12.2 Å². The summed E-state index contributed by atoms with van der Waals surface area (Å²) in [5.41, 5.74) is -0.0932. The Morgan fingerprint density at radius 3 is 2.45 bits per heavy atom. The summed E-state index contributed by atoms with van der Waals surface area (Å²) in [6.07, 6.45) is -1.49. The molecule has 0 fully saturated rings. The molecule has 5 nitrogen and oxygen atoms in total. The molecule has 0 aromatic carbocycles. The van der Waals surface area contributed by atoms with Crippen LogP contribution in [0.5, 0.6) is 0 Å². The maximum Gasteiger partial charge on any atom is 0.406 e. The van der Waals surface area contributed by atoms with Crippen LogP contribution < -0.4 is 5.32 Å². The van der Waals surface area contributed by atoms with Crippen molar-refractivity contribution in [3.8, 4) is 0 Å². The number of hydrogen-bond acceptors (Lipinski definition) is 4. The number of alkyl halides is 3. The molecule has 0 saturated carbocycles. The number of nitrogens with zero attached hydrogens (tertiary/aromatic N) is 3. The third-order valence-corrected chi connectivity index (χ3v) is 2.38. The van der Waals surface area contributed by atoms with E-state index in [1.165, 1.54) is 12.4 Å². The Kier molecular flexibility index (Phi) is 5.72. The molecule has 0 saturated heterocycles. The molecule has 0 aliphatic heterocycles. The van der Waals surface area contributed by atoms with Crippen molar-refractivity contribution in [2.24, 2.45) is 0 Å². The molecule has 0 unspecified atom stereocenters.